The summed E-state index contributed by atoms with van der Waals surface area (Å²) in [6.07, 6.45) is 18.5. The van der Waals surface area contributed by atoms with E-state index in [9.17, 15) is 14.4 Å². The van der Waals surface area contributed by atoms with Crippen molar-refractivity contribution in [2.75, 3.05) is 0 Å². The van der Waals surface area contributed by atoms with Crippen LogP contribution in [0.1, 0.15) is 130 Å². The van der Waals surface area contributed by atoms with Gasteiger partial charge in [0.25, 0.3) is 0 Å². The van der Waals surface area contributed by atoms with E-state index in [1.54, 1.807) is 0 Å². The highest BCUT2D eigenvalue weighted by Crippen LogP contribution is 2.26. The second-order valence-corrected chi connectivity index (χ2v) is 11.8. The molecule has 3 saturated carbocycles. The zero-order valence-corrected chi connectivity index (χ0v) is 24.9. The second kappa shape index (κ2) is 22.0. The highest BCUT2D eigenvalue weighted by Gasteiger charge is 2.23. The van der Waals surface area contributed by atoms with Gasteiger partial charge >= 0.3 is 17.9 Å². The molecule has 3 aliphatic rings. The Morgan fingerprint density at radius 2 is 0.769 bits per heavy atom. The van der Waals surface area contributed by atoms with E-state index in [0.29, 0.717) is 18.1 Å². The molecule has 0 spiro atoms. The third kappa shape index (κ3) is 19.9. The lowest BCUT2D eigenvalue weighted by Crippen LogP contribution is -2.26. The predicted octanol–water partition coefficient (Wildman–Crippen LogP) is 5.38. The number of rotatable bonds is 8. The first kappa shape index (κ1) is 37.3. The van der Waals surface area contributed by atoms with Gasteiger partial charge < -0.3 is 32.5 Å². The number of hydrogen-bond donors (Lipinski definition) is 6. The van der Waals surface area contributed by atoms with Crippen molar-refractivity contribution in [3.63, 3.8) is 0 Å². The van der Waals surface area contributed by atoms with Crippen molar-refractivity contribution in [1.29, 1.82) is 0 Å². The van der Waals surface area contributed by atoms with Crippen molar-refractivity contribution in [2.24, 2.45) is 40.9 Å². The summed E-state index contributed by atoms with van der Waals surface area (Å²) in [5.74, 6) is -2.41. The van der Waals surface area contributed by atoms with Crippen LogP contribution >= 0.6 is 0 Å². The quantitative estimate of drug-likeness (QED) is 0.227. The van der Waals surface area contributed by atoms with Crippen LogP contribution in [0.15, 0.2) is 0 Å². The Morgan fingerprint density at radius 3 is 0.923 bits per heavy atom. The minimum Gasteiger partial charge on any atom is -0.481 e. The summed E-state index contributed by atoms with van der Waals surface area (Å²) < 4.78 is 0. The monoisotopic (exact) mass is 557 g/mol. The molecule has 9 nitrogen and oxygen atoms in total. The van der Waals surface area contributed by atoms with Crippen LogP contribution in [0.25, 0.3) is 0 Å². The molecule has 0 radical (unpaired) electrons. The van der Waals surface area contributed by atoms with Gasteiger partial charge in [0.2, 0.25) is 0 Å². The Kier molecular flexibility index (Phi) is 21.1. The Hall–Kier alpha value is -1.71. The van der Waals surface area contributed by atoms with Crippen LogP contribution in [0.5, 0.6) is 0 Å². The Labute approximate surface area is 236 Å². The molecule has 0 aliphatic heterocycles. The summed E-state index contributed by atoms with van der Waals surface area (Å²) in [7, 11) is 0. The Morgan fingerprint density at radius 1 is 0.538 bits per heavy atom. The molecule has 0 atom stereocenters. The fourth-order valence-corrected chi connectivity index (χ4v) is 5.46. The van der Waals surface area contributed by atoms with Crippen LogP contribution in [0.2, 0.25) is 0 Å². The van der Waals surface area contributed by atoms with Crippen LogP contribution in [-0.4, -0.2) is 51.4 Å². The molecule has 9 N–H and O–H groups in total. The summed E-state index contributed by atoms with van der Waals surface area (Å²) in [6, 6.07) is 1.56. The third-order valence-corrected chi connectivity index (χ3v) is 8.60. The lowest BCUT2D eigenvalue weighted by Gasteiger charge is -2.24. The van der Waals surface area contributed by atoms with Crippen molar-refractivity contribution in [3.05, 3.63) is 0 Å². The molecule has 0 amide bonds. The number of carboxylic acids is 3. The molecule has 0 aromatic carbocycles. The van der Waals surface area contributed by atoms with Crippen molar-refractivity contribution >= 4 is 17.9 Å². The topological polar surface area (TPSA) is 190 Å². The number of aliphatic carboxylic acids is 3. The van der Waals surface area contributed by atoms with Crippen molar-refractivity contribution in [2.45, 2.75) is 148 Å². The molecule has 3 rings (SSSR count). The van der Waals surface area contributed by atoms with E-state index >= 15 is 0 Å². The van der Waals surface area contributed by atoms with Gasteiger partial charge in [0, 0.05) is 18.1 Å². The Bertz CT molecular complexity index is 585. The van der Waals surface area contributed by atoms with E-state index in [0.717, 1.165) is 17.8 Å². The van der Waals surface area contributed by atoms with Gasteiger partial charge in [-0.25, -0.2) is 0 Å². The fourth-order valence-electron chi connectivity index (χ4n) is 5.46. The van der Waals surface area contributed by atoms with Gasteiger partial charge in [-0.3, -0.25) is 14.4 Å². The lowest BCUT2D eigenvalue weighted by molar-refractivity contribution is -0.152. The van der Waals surface area contributed by atoms with Crippen molar-refractivity contribution < 1.29 is 29.7 Å². The van der Waals surface area contributed by atoms with Crippen LogP contribution in [0, 0.1) is 23.7 Å². The number of carboxylic acid groups (broad SMARTS) is 3. The van der Waals surface area contributed by atoms with Gasteiger partial charge in [-0.05, 0) is 94.8 Å². The molecule has 0 bridgehead atoms. The second-order valence-electron chi connectivity index (χ2n) is 11.8. The normalized spacial score (nSPS) is 28.4. The number of nitrogens with two attached hydrogens (primary N) is 3. The maximum absolute atomic E-state index is 10.2. The molecule has 0 aromatic rings. The van der Waals surface area contributed by atoms with Crippen LogP contribution in [0.4, 0.5) is 0 Å². The van der Waals surface area contributed by atoms with Crippen molar-refractivity contribution in [3.8, 4) is 0 Å². The lowest BCUT2D eigenvalue weighted by atomic mass is 9.85. The van der Waals surface area contributed by atoms with E-state index < -0.39 is 36.7 Å². The maximum Gasteiger partial charge on any atom is 0.307 e. The predicted molar refractivity (Wildman–Crippen MR) is 156 cm³/mol. The molecule has 230 valence electrons. The minimum absolute atomic E-state index is 0.521. The van der Waals surface area contributed by atoms with E-state index in [2.05, 4.69) is 20.8 Å². The summed E-state index contributed by atoms with van der Waals surface area (Å²) >= 11 is 0. The SMILES string of the molecule is CCC1CCC(N)CC1.CCC1CCC(N)CC1.CCC1CCC(N)CC1.O=C(O)CC(CC(=O)O)C(=O)O. The number of carbonyl (C=O) groups is 3. The first-order valence-electron chi connectivity index (χ1n) is 15.3. The molecule has 0 aromatic heterocycles. The summed E-state index contributed by atoms with van der Waals surface area (Å²) in [5.41, 5.74) is 17.3. The van der Waals surface area contributed by atoms with Gasteiger partial charge in [-0.15, -0.1) is 0 Å². The van der Waals surface area contributed by atoms with E-state index in [-0.39, 0.29) is 0 Å². The average molecular weight is 558 g/mol. The van der Waals surface area contributed by atoms with E-state index in [4.69, 9.17) is 32.5 Å². The molecular weight excluding hydrogens is 498 g/mol. The van der Waals surface area contributed by atoms with E-state index in [1.807, 2.05) is 0 Å². The zero-order valence-electron chi connectivity index (χ0n) is 24.9. The molecule has 39 heavy (non-hydrogen) atoms. The molecule has 3 fully saturated rings. The highest BCUT2D eigenvalue weighted by atomic mass is 16.4. The Balaban J connectivity index is 0.000000497. The smallest absolute Gasteiger partial charge is 0.307 e. The first-order valence-corrected chi connectivity index (χ1v) is 15.3. The van der Waals surface area contributed by atoms with Crippen LogP contribution < -0.4 is 17.2 Å². The van der Waals surface area contributed by atoms with E-state index in [1.165, 1.54) is 96.3 Å². The molecule has 3 aliphatic carbocycles. The molecule has 0 unspecified atom stereocenters. The number of hydrogen-bond acceptors (Lipinski definition) is 6. The molecular formula is C30H59N3O6. The first-order chi connectivity index (χ1) is 18.4. The van der Waals surface area contributed by atoms with Gasteiger partial charge in [0.1, 0.15) is 0 Å². The molecule has 9 heteroatoms. The summed E-state index contributed by atoms with van der Waals surface area (Å²) in [5, 5.41) is 24.7. The standard InChI is InChI=1S/3C8H17N.C6H8O6/c3*1-2-7-3-5-8(9)6-4-7;7-4(8)1-3(6(11)12)2-5(9)10/h3*7-8H,2-6,9H2,1H3;3H,1-2H2,(H,7,8)(H,9,10)(H,11,12). The van der Waals surface area contributed by atoms with Crippen molar-refractivity contribution in [1.82, 2.24) is 0 Å². The van der Waals surface area contributed by atoms with Crippen LogP contribution in [0.3, 0.4) is 0 Å². The highest BCUT2D eigenvalue weighted by molar-refractivity contribution is 5.82. The van der Waals surface area contributed by atoms with Gasteiger partial charge in [0.05, 0.1) is 18.8 Å². The van der Waals surface area contributed by atoms with Gasteiger partial charge in [-0.2, -0.15) is 0 Å². The zero-order chi connectivity index (χ0) is 29.8. The fraction of sp³-hybridized carbons (Fsp3) is 0.900. The molecule has 0 heterocycles. The average Bonchev–Trinajstić information content (AvgIpc) is 2.90. The molecule has 0 saturated heterocycles. The third-order valence-electron chi connectivity index (χ3n) is 8.60. The van der Waals surface area contributed by atoms with Gasteiger partial charge in [0.15, 0.2) is 0 Å². The van der Waals surface area contributed by atoms with Crippen LogP contribution in [-0.2, 0) is 14.4 Å². The minimum atomic E-state index is -1.40. The summed E-state index contributed by atoms with van der Waals surface area (Å²) in [4.78, 5) is 30.3. The maximum atomic E-state index is 10.2. The summed E-state index contributed by atoms with van der Waals surface area (Å²) in [6.45, 7) is 6.84. The van der Waals surface area contributed by atoms with Gasteiger partial charge in [-0.1, -0.05) is 40.0 Å². The largest absolute Gasteiger partial charge is 0.481 e.